The van der Waals surface area contributed by atoms with E-state index in [0.29, 0.717) is 6.04 Å². The molecule has 126 valence electrons. The number of hydrogen-bond acceptors (Lipinski definition) is 4. The van der Waals surface area contributed by atoms with E-state index in [4.69, 9.17) is 4.74 Å². The zero-order valence-corrected chi connectivity index (χ0v) is 14.1. The SMILES string of the molecule is COc1cccc(CN2CCN([C@@H](C)C(=O)NC3CC3)CC2)c1. The Labute approximate surface area is 138 Å². The maximum Gasteiger partial charge on any atom is 0.237 e. The molecule has 0 radical (unpaired) electrons. The van der Waals surface area contributed by atoms with E-state index in [1.807, 2.05) is 19.1 Å². The van der Waals surface area contributed by atoms with Gasteiger partial charge in [0.2, 0.25) is 5.91 Å². The lowest BCUT2D eigenvalue weighted by molar-refractivity contribution is -0.126. The molecule has 2 aliphatic rings. The van der Waals surface area contributed by atoms with Gasteiger partial charge in [-0.2, -0.15) is 0 Å². The second-order valence-electron chi connectivity index (χ2n) is 6.62. The van der Waals surface area contributed by atoms with Crippen molar-refractivity contribution in [1.82, 2.24) is 15.1 Å². The molecule has 5 heteroatoms. The van der Waals surface area contributed by atoms with Gasteiger partial charge in [-0.05, 0) is 37.5 Å². The van der Waals surface area contributed by atoms with Crippen LogP contribution in [0.25, 0.3) is 0 Å². The van der Waals surface area contributed by atoms with Gasteiger partial charge in [0, 0.05) is 38.8 Å². The molecule has 1 saturated carbocycles. The number of rotatable bonds is 6. The van der Waals surface area contributed by atoms with Crippen molar-refractivity contribution in [3.8, 4) is 5.75 Å². The highest BCUT2D eigenvalue weighted by molar-refractivity contribution is 5.81. The number of hydrogen-bond donors (Lipinski definition) is 1. The molecule has 0 bridgehead atoms. The average Bonchev–Trinajstić information content (AvgIpc) is 3.39. The molecule has 0 unspecified atom stereocenters. The molecular weight excluding hydrogens is 290 g/mol. The minimum atomic E-state index is -0.0189. The molecule has 23 heavy (non-hydrogen) atoms. The minimum Gasteiger partial charge on any atom is -0.497 e. The number of amides is 1. The van der Waals surface area contributed by atoms with E-state index in [1.54, 1.807) is 7.11 Å². The van der Waals surface area contributed by atoms with Gasteiger partial charge in [-0.3, -0.25) is 14.6 Å². The highest BCUT2D eigenvalue weighted by Gasteiger charge is 2.29. The molecule has 2 fully saturated rings. The molecule has 1 aliphatic heterocycles. The monoisotopic (exact) mass is 317 g/mol. The third-order valence-corrected chi connectivity index (χ3v) is 4.80. The lowest BCUT2D eigenvalue weighted by Gasteiger charge is -2.37. The van der Waals surface area contributed by atoms with E-state index in [2.05, 4.69) is 27.2 Å². The molecule has 3 rings (SSSR count). The quantitative estimate of drug-likeness (QED) is 0.863. The summed E-state index contributed by atoms with van der Waals surface area (Å²) in [5.74, 6) is 1.10. The first kappa shape index (κ1) is 16.3. The van der Waals surface area contributed by atoms with Crippen LogP contribution in [0.5, 0.6) is 5.75 Å². The smallest absolute Gasteiger partial charge is 0.237 e. The third-order valence-electron chi connectivity index (χ3n) is 4.80. The molecule has 1 atom stereocenters. The van der Waals surface area contributed by atoms with Crippen molar-refractivity contribution >= 4 is 5.91 Å². The van der Waals surface area contributed by atoms with Crippen LogP contribution in [-0.4, -0.2) is 61.1 Å². The van der Waals surface area contributed by atoms with Gasteiger partial charge in [-0.25, -0.2) is 0 Å². The van der Waals surface area contributed by atoms with Crippen molar-refractivity contribution in [2.75, 3.05) is 33.3 Å². The predicted molar refractivity (Wildman–Crippen MR) is 90.5 cm³/mol. The molecule has 1 heterocycles. The van der Waals surface area contributed by atoms with Crippen molar-refractivity contribution in [2.24, 2.45) is 0 Å². The second kappa shape index (κ2) is 7.32. The van der Waals surface area contributed by atoms with Crippen LogP contribution in [-0.2, 0) is 11.3 Å². The second-order valence-corrected chi connectivity index (χ2v) is 6.62. The Morgan fingerprint density at radius 2 is 2.04 bits per heavy atom. The molecule has 0 spiro atoms. The first-order valence-corrected chi connectivity index (χ1v) is 8.55. The van der Waals surface area contributed by atoms with Crippen LogP contribution < -0.4 is 10.1 Å². The topological polar surface area (TPSA) is 44.8 Å². The summed E-state index contributed by atoms with van der Waals surface area (Å²) in [6, 6.07) is 8.67. The fourth-order valence-corrected chi connectivity index (χ4v) is 3.05. The maximum absolute atomic E-state index is 12.2. The van der Waals surface area contributed by atoms with Crippen LogP contribution in [0.2, 0.25) is 0 Å². The van der Waals surface area contributed by atoms with Crippen molar-refractivity contribution in [2.45, 2.75) is 38.4 Å². The summed E-state index contributed by atoms with van der Waals surface area (Å²) in [7, 11) is 1.70. The van der Waals surface area contributed by atoms with Gasteiger partial charge in [0.1, 0.15) is 5.75 Å². The van der Waals surface area contributed by atoms with E-state index >= 15 is 0 Å². The molecule has 5 nitrogen and oxygen atoms in total. The van der Waals surface area contributed by atoms with Crippen molar-refractivity contribution in [3.05, 3.63) is 29.8 Å². The minimum absolute atomic E-state index is 0.0189. The van der Waals surface area contributed by atoms with E-state index in [1.165, 1.54) is 5.56 Å². The molecule has 1 N–H and O–H groups in total. The normalized spacial score (nSPS) is 21.0. The van der Waals surface area contributed by atoms with Gasteiger partial charge in [-0.15, -0.1) is 0 Å². The van der Waals surface area contributed by atoms with Crippen molar-refractivity contribution in [1.29, 1.82) is 0 Å². The first-order valence-electron chi connectivity index (χ1n) is 8.55. The summed E-state index contributed by atoms with van der Waals surface area (Å²) < 4.78 is 5.28. The Balaban J connectivity index is 1.46. The fourth-order valence-electron chi connectivity index (χ4n) is 3.05. The lowest BCUT2D eigenvalue weighted by Crippen LogP contribution is -2.53. The number of piperazine rings is 1. The van der Waals surface area contributed by atoms with Crippen LogP contribution in [0, 0.1) is 0 Å². The largest absolute Gasteiger partial charge is 0.497 e. The van der Waals surface area contributed by atoms with Crippen molar-refractivity contribution < 1.29 is 9.53 Å². The number of ether oxygens (including phenoxy) is 1. The van der Waals surface area contributed by atoms with Crippen LogP contribution >= 0.6 is 0 Å². The third kappa shape index (κ3) is 4.45. The number of carbonyl (C=O) groups is 1. The summed E-state index contributed by atoms with van der Waals surface area (Å²) in [5.41, 5.74) is 1.28. The van der Waals surface area contributed by atoms with Crippen LogP contribution in [0.15, 0.2) is 24.3 Å². The molecule has 1 aromatic carbocycles. The number of methoxy groups -OCH3 is 1. The Morgan fingerprint density at radius 1 is 1.30 bits per heavy atom. The number of nitrogens with zero attached hydrogens (tertiary/aromatic N) is 2. The summed E-state index contributed by atoms with van der Waals surface area (Å²) in [6.07, 6.45) is 2.29. The number of nitrogens with one attached hydrogen (secondary N) is 1. The van der Waals surface area contributed by atoms with Crippen LogP contribution in [0.1, 0.15) is 25.3 Å². The molecule has 1 aromatic rings. The zero-order chi connectivity index (χ0) is 16.2. The molecule has 1 saturated heterocycles. The van der Waals surface area contributed by atoms with Crippen molar-refractivity contribution in [3.63, 3.8) is 0 Å². The molecule has 1 amide bonds. The molecule has 1 aliphatic carbocycles. The van der Waals surface area contributed by atoms with Crippen LogP contribution in [0.3, 0.4) is 0 Å². The zero-order valence-electron chi connectivity index (χ0n) is 14.1. The lowest BCUT2D eigenvalue weighted by atomic mass is 10.1. The molecule has 0 aromatic heterocycles. The summed E-state index contributed by atoms with van der Waals surface area (Å²) in [6.45, 7) is 6.85. The Morgan fingerprint density at radius 3 is 2.70 bits per heavy atom. The maximum atomic E-state index is 12.2. The van der Waals surface area contributed by atoms with Gasteiger partial charge in [-0.1, -0.05) is 12.1 Å². The van der Waals surface area contributed by atoms with Gasteiger partial charge in [0.15, 0.2) is 0 Å². The highest BCUT2D eigenvalue weighted by Crippen LogP contribution is 2.20. The predicted octanol–water partition coefficient (Wildman–Crippen LogP) is 1.48. The van der Waals surface area contributed by atoms with E-state index in [0.717, 1.165) is 51.3 Å². The van der Waals surface area contributed by atoms with Gasteiger partial charge in [0.05, 0.1) is 13.2 Å². The van der Waals surface area contributed by atoms with Crippen LogP contribution in [0.4, 0.5) is 0 Å². The standard InChI is InChI=1S/C18H27N3O2/c1-14(18(22)19-16-6-7-16)21-10-8-20(9-11-21)13-15-4-3-5-17(12-15)23-2/h3-5,12,14,16H,6-11,13H2,1-2H3,(H,19,22)/t14-/m0/s1. The first-order chi connectivity index (χ1) is 11.2. The van der Waals surface area contributed by atoms with E-state index in [-0.39, 0.29) is 11.9 Å². The van der Waals surface area contributed by atoms with Gasteiger partial charge >= 0.3 is 0 Å². The number of benzene rings is 1. The molecular formula is C18H27N3O2. The van der Waals surface area contributed by atoms with E-state index in [9.17, 15) is 4.79 Å². The number of carbonyl (C=O) groups excluding carboxylic acids is 1. The summed E-state index contributed by atoms with van der Waals surface area (Å²) in [4.78, 5) is 16.9. The van der Waals surface area contributed by atoms with Gasteiger partial charge in [0.25, 0.3) is 0 Å². The van der Waals surface area contributed by atoms with E-state index < -0.39 is 0 Å². The Kier molecular flexibility index (Phi) is 5.18. The Hall–Kier alpha value is -1.59. The summed E-state index contributed by atoms with van der Waals surface area (Å²) in [5, 5.41) is 3.11. The average molecular weight is 317 g/mol. The summed E-state index contributed by atoms with van der Waals surface area (Å²) >= 11 is 0. The fraction of sp³-hybridized carbons (Fsp3) is 0.611. The Bertz CT molecular complexity index is 537. The highest BCUT2D eigenvalue weighted by atomic mass is 16.5. The van der Waals surface area contributed by atoms with Gasteiger partial charge < -0.3 is 10.1 Å².